The van der Waals surface area contributed by atoms with Gasteiger partial charge in [-0.1, -0.05) is 12.1 Å². The first-order chi connectivity index (χ1) is 15.0. The maximum atomic E-state index is 12.5. The predicted molar refractivity (Wildman–Crippen MR) is 116 cm³/mol. The first-order valence-corrected chi connectivity index (χ1v) is 11.0. The molecule has 0 spiro atoms. The number of nitrogens with one attached hydrogen (secondary N) is 2. The minimum atomic E-state index is -1.01. The van der Waals surface area contributed by atoms with Crippen molar-refractivity contribution in [3.05, 3.63) is 29.8 Å². The maximum absolute atomic E-state index is 12.5. The summed E-state index contributed by atoms with van der Waals surface area (Å²) in [6.45, 7) is 4.17. The smallest absolute Gasteiger partial charge is 0.404 e. The highest BCUT2D eigenvalue weighted by atomic mass is 16.5. The van der Waals surface area contributed by atoms with E-state index in [9.17, 15) is 14.4 Å². The molecule has 2 aliphatic heterocycles. The van der Waals surface area contributed by atoms with Gasteiger partial charge in [-0.05, 0) is 37.0 Å². The lowest BCUT2D eigenvalue weighted by Gasteiger charge is -2.33. The van der Waals surface area contributed by atoms with Gasteiger partial charge in [0.1, 0.15) is 0 Å². The van der Waals surface area contributed by atoms with Crippen LogP contribution in [0.25, 0.3) is 0 Å². The van der Waals surface area contributed by atoms with E-state index in [-0.39, 0.29) is 24.7 Å². The fourth-order valence-electron chi connectivity index (χ4n) is 3.93. The number of morpholine rings is 1. The number of carbonyl (C=O) groups excluding carboxylic acids is 2. The molecule has 0 radical (unpaired) electrons. The lowest BCUT2D eigenvalue weighted by Crippen LogP contribution is -2.43. The van der Waals surface area contributed by atoms with Crippen molar-refractivity contribution in [2.45, 2.75) is 38.1 Å². The quantitative estimate of drug-likeness (QED) is 0.575. The predicted octanol–water partition coefficient (Wildman–Crippen LogP) is 1.54. The molecule has 0 aromatic heterocycles. The third-order valence-electron chi connectivity index (χ3n) is 5.78. The molecule has 9 nitrogen and oxygen atoms in total. The van der Waals surface area contributed by atoms with E-state index in [1.807, 2.05) is 29.2 Å². The number of carboxylic acid groups (broad SMARTS) is 1. The Bertz CT molecular complexity index is 741. The summed E-state index contributed by atoms with van der Waals surface area (Å²) >= 11 is 0. The van der Waals surface area contributed by atoms with Crippen LogP contribution in [0.15, 0.2) is 24.3 Å². The van der Waals surface area contributed by atoms with E-state index in [1.165, 1.54) is 0 Å². The number of likely N-dealkylation sites (tertiary alicyclic amines) is 1. The molecular weight excluding hydrogens is 400 g/mol. The minimum absolute atomic E-state index is 0.0374. The highest BCUT2D eigenvalue weighted by Gasteiger charge is 2.24. The molecule has 3 N–H and O–H groups in total. The van der Waals surface area contributed by atoms with Gasteiger partial charge in [-0.2, -0.15) is 0 Å². The SMILES string of the molecule is O=C(O)NCCc1ccc(NC2CCN(C(=O)CCC(=O)N3CCOCC3)CC2)cc1. The molecule has 2 heterocycles. The van der Waals surface area contributed by atoms with Gasteiger partial charge < -0.3 is 30.3 Å². The van der Waals surface area contributed by atoms with Gasteiger partial charge in [0.15, 0.2) is 0 Å². The fourth-order valence-corrected chi connectivity index (χ4v) is 3.93. The summed E-state index contributed by atoms with van der Waals surface area (Å²) in [5, 5.41) is 14.5. The second-order valence-electron chi connectivity index (χ2n) is 7.97. The zero-order valence-electron chi connectivity index (χ0n) is 17.8. The molecular formula is C22H32N4O5. The largest absolute Gasteiger partial charge is 0.465 e. The van der Waals surface area contributed by atoms with E-state index in [2.05, 4.69) is 10.6 Å². The van der Waals surface area contributed by atoms with Crippen molar-refractivity contribution in [3.8, 4) is 0 Å². The molecule has 2 fully saturated rings. The normalized spacial score (nSPS) is 17.3. The standard InChI is InChI=1S/C22H32N4O5/c27-20(5-6-21(28)26-13-15-31-16-14-26)25-11-8-19(9-12-25)24-18-3-1-17(2-4-18)7-10-23-22(29)30/h1-4,19,23-24H,5-16H2,(H,29,30). The number of benzene rings is 1. The second kappa shape index (κ2) is 11.5. The van der Waals surface area contributed by atoms with Crippen LogP contribution in [0.4, 0.5) is 10.5 Å². The van der Waals surface area contributed by atoms with Crippen molar-refractivity contribution < 1.29 is 24.2 Å². The monoisotopic (exact) mass is 432 g/mol. The van der Waals surface area contributed by atoms with Gasteiger partial charge >= 0.3 is 6.09 Å². The van der Waals surface area contributed by atoms with Crippen LogP contribution in [0, 0.1) is 0 Å². The van der Waals surface area contributed by atoms with Gasteiger partial charge in [-0.15, -0.1) is 0 Å². The highest BCUT2D eigenvalue weighted by molar-refractivity contribution is 5.84. The molecule has 2 saturated heterocycles. The number of carbonyl (C=O) groups is 3. The minimum Gasteiger partial charge on any atom is -0.465 e. The molecule has 0 aliphatic carbocycles. The van der Waals surface area contributed by atoms with Crippen molar-refractivity contribution in [1.82, 2.24) is 15.1 Å². The molecule has 0 bridgehead atoms. The van der Waals surface area contributed by atoms with Gasteiger partial charge in [-0.3, -0.25) is 9.59 Å². The molecule has 2 aliphatic rings. The Kier molecular flexibility index (Phi) is 8.52. The number of ether oxygens (including phenoxy) is 1. The Morgan fingerprint density at radius 3 is 2.10 bits per heavy atom. The number of hydrogen-bond acceptors (Lipinski definition) is 5. The van der Waals surface area contributed by atoms with Crippen LogP contribution < -0.4 is 10.6 Å². The van der Waals surface area contributed by atoms with Crippen LogP contribution in [0.5, 0.6) is 0 Å². The van der Waals surface area contributed by atoms with Crippen molar-refractivity contribution in [1.29, 1.82) is 0 Å². The summed E-state index contributed by atoms with van der Waals surface area (Å²) in [7, 11) is 0. The summed E-state index contributed by atoms with van der Waals surface area (Å²) in [6, 6.07) is 8.31. The number of rotatable bonds is 8. The van der Waals surface area contributed by atoms with Crippen molar-refractivity contribution in [3.63, 3.8) is 0 Å². The summed E-state index contributed by atoms with van der Waals surface area (Å²) < 4.78 is 5.26. The molecule has 3 amide bonds. The van der Waals surface area contributed by atoms with E-state index < -0.39 is 6.09 Å². The van der Waals surface area contributed by atoms with Crippen molar-refractivity contribution in [2.75, 3.05) is 51.3 Å². The van der Waals surface area contributed by atoms with E-state index in [1.54, 1.807) is 4.90 Å². The number of anilines is 1. The Balaban J connectivity index is 1.34. The number of hydrogen-bond donors (Lipinski definition) is 3. The molecule has 0 unspecified atom stereocenters. The van der Waals surface area contributed by atoms with Gasteiger partial charge in [0, 0.05) is 57.3 Å². The topological polar surface area (TPSA) is 111 Å². The van der Waals surface area contributed by atoms with Crippen molar-refractivity contribution >= 4 is 23.6 Å². The van der Waals surface area contributed by atoms with Crippen LogP contribution in [0.3, 0.4) is 0 Å². The highest BCUT2D eigenvalue weighted by Crippen LogP contribution is 2.18. The first-order valence-electron chi connectivity index (χ1n) is 11.0. The molecule has 0 saturated carbocycles. The maximum Gasteiger partial charge on any atom is 0.404 e. The first kappa shape index (κ1) is 22.9. The lowest BCUT2D eigenvalue weighted by atomic mass is 10.0. The average molecular weight is 433 g/mol. The Morgan fingerprint density at radius 2 is 1.52 bits per heavy atom. The summed E-state index contributed by atoms with van der Waals surface area (Å²) in [5.74, 6) is 0.0924. The van der Waals surface area contributed by atoms with Crippen LogP contribution >= 0.6 is 0 Å². The summed E-state index contributed by atoms with van der Waals surface area (Å²) in [5.41, 5.74) is 2.10. The number of nitrogens with zero attached hydrogens (tertiary/aromatic N) is 2. The molecule has 9 heteroatoms. The third-order valence-corrected chi connectivity index (χ3v) is 5.78. The molecule has 170 valence electrons. The van der Waals surface area contributed by atoms with Crippen LogP contribution in [0.1, 0.15) is 31.2 Å². The zero-order valence-corrected chi connectivity index (χ0v) is 17.8. The summed E-state index contributed by atoms with van der Waals surface area (Å²) in [6.07, 6.45) is 1.92. The molecule has 1 aromatic rings. The van der Waals surface area contributed by atoms with Crippen LogP contribution in [-0.4, -0.2) is 84.8 Å². The van der Waals surface area contributed by atoms with Gasteiger partial charge in [0.05, 0.1) is 13.2 Å². The average Bonchev–Trinajstić information content (AvgIpc) is 2.79. The second-order valence-corrected chi connectivity index (χ2v) is 7.97. The van der Waals surface area contributed by atoms with E-state index >= 15 is 0 Å². The molecule has 0 atom stereocenters. The Labute approximate surface area is 182 Å². The van der Waals surface area contributed by atoms with Crippen LogP contribution in [-0.2, 0) is 20.7 Å². The number of amides is 3. The molecule has 1 aromatic carbocycles. The van der Waals surface area contributed by atoms with E-state index in [4.69, 9.17) is 9.84 Å². The van der Waals surface area contributed by atoms with E-state index in [0.29, 0.717) is 58.4 Å². The fraction of sp³-hybridized carbons (Fsp3) is 0.591. The Morgan fingerprint density at radius 1 is 0.935 bits per heavy atom. The van der Waals surface area contributed by atoms with E-state index in [0.717, 1.165) is 24.1 Å². The van der Waals surface area contributed by atoms with Gasteiger partial charge in [-0.25, -0.2) is 4.79 Å². The third kappa shape index (κ3) is 7.43. The molecule has 31 heavy (non-hydrogen) atoms. The lowest BCUT2D eigenvalue weighted by molar-refractivity contribution is -0.139. The molecule has 3 rings (SSSR count). The Hall–Kier alpha value is -2.81. The van der Waals surface area contributed by atoms with Crippen LogP contribution in [0.2, 0.25) is 0 Å². The van der Waals surface area contributed by atoms with Gasteiger partial charge in [0.2, 0.25) is 11.8 Å². The zero-order chi connectivity index (χ0) is 22.1. The van der Waals surface area contributed by atoms with Crippen molar-refractivity contribution in [2.24, 2.45) is 0 Å². The summed E-state index contributed by atoms with van der Waals surface area (Å²) in [4.78, 5) is 38.8. The van der Waals surface area contributed by atoms with Gasteiger partial charge in [0.25, 0.3) is 0 Å². The number of piperidine rings is 1.